The highest BCUT2D eigenvalue weighted by Crippen LogP contribution is 2.19. The predicted octanol–water partition coefficient (Wildman–Crippen LogP) is 2.63. The van der Waals surface area contributed by atoms with Crippen LogP contribution in [0.1, 0.15) is 44.0 Å². The van der Waals surface area contributed by atoms with Gasteiger partial charge in [-0.3, -0.25) is 4.79 Å². The number of nitrogens with zero attached hydrogens (tertiary/aromatic N) is 1. The van der Waals surface area contributed by atoms with Gasteiger partial charge in [-0.05, 0) is 25.8 Å². The van der Waals surface area contributed by atoms with Crippen LogP contribution in [-0.2, 0) is 0 Å². The summed E-state index contributed by atoms with van der Waals surface area (Å²) in [6.07, 6.45) is 3.13. The zero-order chi connectivity index (χ0) is 13.1. The molecule has 0 unspecified atom stereocenters. The van der Waals surface area contributed by atoms with Crippen molar-refractivity contribution in [1.82, 2.24) is 10.3 Å². The lowest BCUT2D eigenvalue weighted by atomic mass is 9.95. The molecule has 0 saturated carbocycles. The third kappa shape index (κ3) is 3.33. The van der Waals surface area contributed by atoms with E-state index in [0.29, 0.717) is 11.3 Å². The summed E-state index contributed by atoms with van der Waals surface area (Å²) in [5.41, 5.74) is 6.11. The summed E-state index contributed by atoms with van der Waals surface area (Å²) in [6.45, 7) is 6.06. The number of nitrogen functional groups attached to an aromatic ring is 1. The number of hydrogen-bond acceptors (Lipinski definition) is 3. The maximum Gasteiger partial charge on any atom is 0.254 e. The van der Waals surface area contributed by atoms with Crippen LogP contribution in [0.2, 0.25) is 5.15 Å². The van der Waals surface area contributed by atoms with E-state index in [9.17, 15) is 4.79 Å². The number of hydrogen-bond donors (Lipinski definition) is 2. The van der Waals surface area contributed by atoms with Gasteiger partial charge in [0.05, 0.1) is 17.4 Å². The van der Waals surface area contributed by atoms with Crippen molar-refractivity contribution < 1.29 is 4.79 Å². The Hall–Kier alpha value is -1.29. The van der Waals surface area contributed by atoms with Gasteiger partial charge in [-0.25, -0.2) is 4.98 Å². The molecule has 5 heteroatoms. The number of aromatic nitrogens is 1. The van der Waals surface area contributed by atoms with Crippen LogP contribution in [0.15, 0.2) is 12.3 Å². The van der Waals surface area contributed by atoms with E-state index in [4.69, 9.17) is 17.3 Å². The molecule has 1 aromatic rings. The first-order valence-electron chi connectivity index (χ1n) is 5.65. The van der Waals surface area contributed by atoms with Crippen molar-refractivity contribution in [3.05, 3.63) is 23.0 Å². The number of nitrogens with two attached hydrogens (primary N) is 1. The van der Waals surface area contributed by atoms with Gasteiger partial charge in [0, 0.05) is 5.54 Å². The van der Waals surface area contributed by atoms with Crippen LogP contribution in [-0.4, -0.2) is 16.4 Å². The van der Waals surface area contributed by atoms with Crippen LogP contribution < -0.4 is 11.1 Å². The molecule has 0 aliphatic carbocycles. The quantitative estimate of drug-likeness (QED) is 0.813. The fourth-order valence-corrected chi connectivity index (χ4v) is 1.58. The molecule has 0 aliphatic rings. The van der Waals surface area contributed by atoms with E-state index < -0.39 is 0 Å². The van der Waals surface area contributed by atoms with Crippen molar-refractivity contribution in [2.45, 2.75) is 39.2 Å². The molecular formula is C12H18ClN3O. The fraction of sp³-hybridized carbons (Fsp3) is 0.500. The van der Waals surface area contributed by atoms with Gasteiger partial charge in [0.15, 0.2) is 0 Å². The molecule has 1 heterocycles. The number of carbonyl (C=O) groups is 1. The molecule has 4 nitrogen and oxygen atoms in total. The lowest BCUT2D eigenvalue weighted by molar-refractivity contribution is 0.0901. The summed E-state index contributed by atoms with van der Waals surface area (Å²) >= 11 is 5.88. The third-order valence-corrected chi connectivity index (χ3v) is 3.38. The van der Waals surface area contributed by atoms with E-state index in [1.54, 1.807) is 0 Å². The molecule has 0 saturated heterocycles. The maximum absolute atomic E-state index is 12.1. The van der Waals surface area contributed by atoms with Crippen LogP contribution in [0.25, 0.3) is 0 Å². The van der Waals surface area contributed by atoms with Crippen LogP contribution in [0.5, 0.6) is 0 Å². The lowest BCUT2D eigenvalue weighted by Gasteiger charge is -2.28. The van der Waals surface area contributed by atoms with E-state index in [1.807, 2.05) is 20.8 Å². The summed E-state index contributed by atoms with van der Waals surface area (Å²) in [7, 11) is 0. The van der Waals surface area contributed by atoms with Gasteiger partial charge in [-0.1, -0.05) is 25.4 Å². The van der Waals surface area contributed by atoms with Gasteiger partial charge >= 0.3 is 0 Å². The third-order valence-electron chi connectivity index (χ3n) is 3.08. The average molecular weight is 256 g/mol. The topological polar surface area (TPSA) is 68.0 Å². The van der Waals surface area contributed by atoms with Crippen LogP contribution in [0.4, 0.5) is 5.69 Å². The summed E-state index contributed by atoms with van der Waals surface area (Å²) in [6, 6.07) is 1.54. The minimum Gasteiger partial charge on any atom is -0.397 e. The number of rotatable bonds is 4. The zero-order valence-corrected chi connectivity index (χ0v) is 11.1. The van der Waals surface area contributed by atoms with Crippen molar-refractivity contribution in [2.75, 3.05) is 5.73 Å². The largest absolute Gasteiger partial charge is 0.397 e. The SMILES string of the molecule is CCC(C)(CC)NC(=O)c1cc(N)cnc1Cl. The molecule has 17 heavy (non-hydrogen) atoms. The molecule has 94 valence electrons. The van der Waals surface area contributed by atoms with E-state index in [2.05, 4.69) is 10.3 Å². The summed E-state index contributed by atoms with van der Waals surface area (Å²) in [5, 5.41) is 3.13. The number of amides is 1. The van der Waals surface area contributed by atoms with E-state index in [0.717, 1.165) is 12.8 Å². The Morgan fingerprint density at radius 2 is 2.12 bits per heavy atom. The van der Waals surface area contributed by atoms with E-state index in [-0.39, 0.29) is 16.6 Å². The van der Waals surface area contributed by atoms with Gasteiger partial charge < -0.3 is 11.1 Å². The van der Waals surface area contributed by atoms with Gasteiger partial charge in [-0.2, -0.15) is 0 Å². The van der Waals surface area contributed by atoms with Crippen molar-refractivity contribution in [3.8, 4) is 0 Å². The van der Waals surface area contributed by atoms with Crippen LogP contribution >= 0.6 is 11.6 Å². The highest BCUT2D eigenvalue weighted by atomic mass is 35.5. The van der Waals surface area contributed by atoms with Gasteiger partial charge in [0.2, 0.25) is 0 Å². The predicted molar refractivity (Wildman–Crippen MR) is 70.1 cm³/mol. The van der Waals surface area contributed by atoms with E-state index in [1.165, 1.54) is 12.3 Å². The second-order valence-electron chi connectivity index (χ2n) is 4.33. The molecular weight excluding hydrogens is 238 g/mol. The van der Waals surface area contributed by atoms with Crippen molar-refractivity contribution in [3.63, 3.8) is 0 Å². The average Bonchev–Trinajstić information content (AvgIpc) is 2.32. The molecule has 0 fully saturated rings. The molecule has 0 radical (unpaired) electrons. The molecule has 0 aliphatic heterocycles. The van der Waals surface area contributed by atoms with Crippen molar-refractivity contribution >= 4 is 23.2 Å². The molecule has 0 bridgehead atoms. The molecule has 3 N–H and O–H groups in total. The highest BCUT2D eigenvalue weighted by molar-refractivity contribution is 6.32. The monoisotopic (exact) mass is 255 g/mol. The maximum atomic E-state index is 12.1. The lowest BCUT2D eigenvalue weighted by Crippen LogP contribution is -2.45. The Bertz CT molecular complexity index is 416. The molecule has 0 aromatic carbocycles. The molecule has 1 aromatic heterocycles. The zero-order valence-electron chi connectivity index (χ0n) is 10.4. The Balaban J connectivity index is 2.94. The smallest absolute Gasteiger partial charge is 0.254 e. The van der Waals surface area contributed by atoms with E-state index >= 15 is 0 Å². The summed E-state index contributed by atoms with van der Waals surface area (Å²) in [4.78, 5) is 15.9. The van der Waals surface area contributed by atoms with Crippen LogP contribution in [0.3, 0.4) is 0 Å². The first-order chi connectivity index (χ1) is 7.91. The van der Waals surface area contributed by atoms with Crippen LogP contribution in [0, 0.1) is 0 Å². The highest BCUT2D eigenvalue weighted by Gasteiger charge is 2.24. The minimum absolute atomic E-state index is 0.172. The number of anilines is 1. The van der Waals surface area contributed by atoms with Gasteiger partial charge in [-0.15, -0.1) is 0 Å². The van der Waals surface area contributed by atoms with Gasteiger partial charge in [0.25, 0.3) is 5.91 Å². The number of halogens is 1. The first kappa shape index (κ1) is 13.8. The van der Waals surface area contributed by atoms with Crippen molar-refractivity contribution in [1.29, 1.82) is 0 Å². The normalized spacial score (nSPS) is 11.3. The standard InChI is InChI=1S/C12H18ClN3O/c1-4-12(3,5-2)16-11(17)9-6-8(14)7-15-10(9)13/h6-7H,4-5,14H2,1-3H3,(H,16,17). The minimum atomic E-state index is -0.235. The Kier molecular flexibility index (Phi) is 4.34. The number of carbonyl (C=O) groups excluding carboxylic acids is 1. The molecule has 1 rings (SSSR count). The summed E-state index contributed by atoms with van der Waals surface area (Å²) < 4.78 is 0. The Morgan fingerprint density at radius 3 is 2.65 bits per heavy atom. The second kappa shape index (κ2) is 5.36. The number of nitrogens with one attached hydrogen (secondary N) is 1. The fourth-order valence-electron chi connectivity index (χ4n) is 1.39. The van der Waals surface area contributed by atoms with Crippen molar-refractivity contribution in [2.24, 2.45) is 0 Å². The summed E-state index contributed by atoms with van der Waals surface area (Å²) in [5.74, 6) is -0.235. The second-order valence-corrected chi connectivity index (χ2v) is 4.69. The first-order valence-corrected chi connectivity index (χ1v) is 6.03. The Morgan fingerprint density at radius 1 is 1.53 bits per heavy atom. The Labute approximate surface area is 107 Å². The number of pyridine rings is 1. The van der Waals surface area contributed by atoms with Gasteiger partial charge in [0.1, 0.15) is 5.15 Å². The molecule has 0 spiro atoms. The molecule has 1 amide bonds. The molecule has 0 atom stereocenters.